The fourth-order valence-electron chi connectivity index (χ4n) is 2.88. The lowest BCUT2D eigenvalue weighted by Crippen LogP contribution is -2.40. The quantitative estimate of drug-likeness (QED) is 0.795. The second-order valence-corrected chi connectivity index (χ2v) is 6.85. The molecule has 0 spiro atoms. The van der Waals surface area contributed by atoms with Crippen LogP contribution in [0.2, 0.25) is 0 Å². The number of carbonyl (C=O) groups excluding carboxylic acids is 1. The van der Waals surface area contributed by atoms with E-state index in [1.165, 1.54) is 5.56 Å². The lowest BCUT2D eigenvalue weighted by atomic mass is 10.1. The first-order valence-electron chi connectivity index (χ1n) is 8.28. The van der Waals surface area contributed by atoms with Gasteiger partial charge in [-0.25, -0.2) is 0 Å². The minimum absolute atomic E-state index is 0.0103. The minimum atomic E-state index is -0.0103. The van der Waals surface area contributed by atoms with Gasteiger partial charge in [0, 0.05) is 13.1 Å². The van der Waals surface area contributed by atoms with Crippen molar-refractivity contribution in [1.29, 1.82) is 0 Å². The van der Waals surface area contributed by atoms with Gasteiger partial charge < -0.3 is 14.1 Å². The highest BCUT2D eigenvalue weighted by Crippen LogP contribution is 2.20. The standard InChI is InChI=1S/C19H23NO3S/c1-24-14-17-7-8-18(23-17)19(21)20-11-9-16(10-12-20)22-13-15-5-3-2-4-6-15/h2-8,16H,9-14H2,1H3. The van der Waals surface area contributed by atoms with E-state index in [9.17, 15) is 4.79 Å². The summed E-state index contributed by atoms with van der Waals surface area (Å²) >= 11 is 1.68. The molecule has 1 saturated heterocycles. The Kier molecular flexibility index (Phi) is 5.99. The second kappa shape index (κ2) is 8.40. The predicted octanol–water partition coefficient (Wildman–Crippen LogP) is 3.96. The van der Waals surface area contributed by atoms with E-state index in [-0.39, 0.29) is 12.0 Å². The molecule has 1 fully saturated rings. The molecule has 0 radical (unpaired) electrons. The van der Waals surface area contributed by atoms with Gasteiger partial charge in [0.05, 0.1) is 18.5 Å². The molecular weight excluding hydrogens is 322 g/mol. The molecule has 2 heterocycles. The molecular formula is C19H23NO3S. The zero-order valence-electron chi connectivity index (χ0n) is 13.9. The van der Waals surface area contributed by atoms with Gasteiger partial charge in [0.1, 0.15) is 5.76 Å². The molecule has 2 aromatic rings. The van der Waals surface area contributed by atoms with E-state index in [1.807, 2.05) is 35.4 Å². The number of thioether (sulfide) groups is 1. The first-order valence-corrected chi connectivity index (χ1v) is 9.68. The molecule has 0 bridgehead atoms. The summed E-state index contributed by atoms with van der Waals surface area (Å²) in [5, 5.41) is 0. The Labute approximate surface area is 147 Å². The molecule has 1 aromatic carbocycles. The van der Waals surface area contributed by atoms with Crippen molar-refractivity contribution in [2.75, 3.05) is 19.3 Å². The molecule has 1 amide bonds. The van der Waals surface area contributed by atoms with Crippen molar-refractivity contribution >= 4 is 17.7 Å². The Morgan fingerprint density at radius 2 is 1.96 bits per heavy atom. The van der Waals surface area contributed by atoms with Crippen LogP contribution in [-0.4, -0.2) is 36.3 Å². The fraction of sp³-hybridized carbons (Fsp3) is 0.421. The number of ether oxygens (including phenoxy) is 1. The van der Waals surface area contributed by atoms with Crippen LogP contribution < -0.4 is 0 Å². The van der Waals surface area contributed by atoms with E-state index in [2.05, 4.69) is 12.1 Å². The first kappa shape index (κ1) is 17.1. The normalized spacial score (nSPS) is 15.6. The second-order valence-electron chi connectivity index (χ2n) is 5.99. The average Bonchev–Trinajstić information content (AvgIpc) is 3.10. The molecule has 128 valence electrons. The summed E-state index contributed by atoms with van der Waals surface area (Å²) in [6.45, 7) is 2.07. The maximum atomic E-state index is 12.5. The number of rotatable bonds is 6. The number of furan rings is 1. The van der Waals surface area contributed by atoms with Gasteiger partial charge >= 0.3 is 0 Å². The number of benzene rings is 1. The van der Waals surface area contributed by atoms with Crippen LogP contribution in [0.15, 0.2) is 46.9 Å². The predicted molar refractivity (Wildman–Crippen MR) is 96.1 cm³/mol. The van der Waals surface area contributed by atoms with E-state index in [1.54, 1.807) is 17.8 Å². The summed E-state index contributed by atoms with van der Waals surface area (Å²) in [7, 11) is 0. The molecule has 0 aliphatic carbocycles. The van der Waals surface area contributed by atoms with Crippen molar-refractivity contribution in [3.63, 3.8) is 0 Å². The van der Waals surface area contributed by atoms with Gasteiger partial charge in [-0.15, -0.1) is 0 Å². The van der Waals surface area contributed by atoms with Crippen LogP contribution in [0, 0.1) is 0 Å². The SMILES string of the molecule is CSCc1ccc(C(=O)N2CCC(OCc3ccccc3)CC2)o1. The van der Waals surface area contributed by atoms with E-state index < -0.39 is 0 Å². The van der Waals surface area contributed by atoms with E-state index in [0.29, 0.717) is 12.4 Å². The number of nitrogens with zero attached hydrogens (tertiary/aromatic N) is 1. The number of likely N-dealkylation sites (tertiary alicyclic amines) is 1. The summed E-state index contributed by atoms with van der Waals surface area (Å²) in [6.07, 6.45) is 3.98. The molecule has 3 rings (SSSR count). The topological polar surface area (TPSA) is 42.7 Å². The molecule has 0 unspecified atom stereocenters. The Morgan fingerprint density at radius 3 is 2.67 bits per heavy atom. The summed E-state index contributed by atoms with van der Waals surface area (Å²) < 4.78 is 11.6. The van der Waals surface area contributed by atoms with Gasteiger partial charge in [0.25, 0.3) is 5.91 Å². The lowest BCUT2D eigenvalue weighted by Gasteiger charge is -2.31. The molecule has 1 aliphatic rings. The molecule has 24 heavy (non-hydrogen) atoms. The number of hydrogen-bond donors (Lipinski definition) is 0. The maximum Gasteiger partial charge on any atom is 0.289 e. The third-order valence-electron chi connectivity index (χ3n) is 4.22. The summed E-state index contributed by atoms with van der Waals surface area (Å²) in [5.41, 5.74) is 1.19. The highest BCUT2D eigenvalue weighted by Gasteiger charge is 2.25. The summed E-state index contributed by atoms with van der Waals surface area (Å²) in [4.78, 5) is 14.4. The monoisotopic (exact) mass is 345 g/mol. The molecule has 5 heteroatoms. The molecule has 0 N–H and O–H groups in total. The Balaban J connectivity index is 1.46. The number of piperidine rings is 1. The van der Waals surface area contributed by atoms with Crippen LogP contribution in [0.25, 0.3) is 0 Å². The minimum Gasteiger partial charge on any atom is -0.455 e. The van der Waals surface area contributed by atoms with Crippen molar-refractivity contribution in [3.8, 4) is 0 Å². The largest absolute Gasteiger partial charge is 0.455 e. The van der Waals surface area contributed by atoms with Crippen LogP contribution >= 0.6 is 11.8 Å². The molecule has 4 nitrogen and oxygen atoms in total. The van der Waals surface area contributed by atoms with Gasteiger partial charge in [-0.05, 0) is 36.8 Å². The van der Waals surface area contributed by atoms with Gasteiger partial charge in [-0.1, -0.05) is 30.3 Å². The highest BCUT2D eigenvalue weighted by molar-refractivity contribution is 7.97. The molecule has 1 aromatic heterocycles. The number of hydrogen-bond acceptors (Lipinski definition) is 4. The van der Waals surface area contributed by atoms with E-state index in [4.69, 9.17) is 9.15 Å². The number of carbonyl (C=O) groups is 1. The third-order valence-corrected chi connectivity index (χ3v) is 4.79. The number of amides is 1. The zero-order valence-corrected chi connectivity index (χ0v) is 14.8. The van der Waals surface area contributed by atoms with Crippen LogP contribution in [0.1, 0.15) is 34.7 Å². The third kappa shape index (κ3) is 4.42. The average molecular weight is 345 g/mol. The molecule has 1 aliphatic heterocycles. The maximum absolute atomic E-state index is 12.5. The van der Waals surface area contributed by atoms with Crippen molar-refractivity contribution in [2.24, 2.45) is 0 Å². The summed E-state index contributed by atoms with van der Waals surface area (Å²) in [6, 6.07) is 13.9. The molecule has 0 atom stereocenters. The zero-order chi connectivity index (χ0) is 16.8. The smallest absolute Gasteiger partial charge is 0.289 e. The van der Waals surface area contributed by atoms with Crippen molar-refractivity contribution in [1.82, 2.24) is 4.90 Å². The highest BCUT2D eigenvalue weighted by atomic mass is 32.2. The van der Waals surface area contributed by atoms with Crippen molar-refractivity contribution in [2.45, 2.75) is 31.3 Å². The van der Waals surface area contributed by atoms with E-state index >= 15 is 0 Å². The van der Waals surface area contributed by atoms with Crippen LogP contribution in [0.5, 0.6) is 0 Å². The van der Waals surface area contributed by atoms with Gasteiger partial charge in [0.2, 0.25) is 0 Å². The van der Waals surface area contributed by atoms with Crippen molar-refractivity contribution in [3.05, 3.63) is 59.5 Å². The molecule has 0 saturated carbocycles. The van der Waals surface area contributed by atoms with Crippen LogP contribution in [0.3, 0.4) is 0 Å². The van der Waals surface area contributed by atoms with Crippen molar-refractivity contribution < 1.29 is 13.9 Å². The Morgan fingerprint density at radius 1 is 1.21 bits per heavy atom. The lowest BCUT2D eigenvalue weighted by molar-refractivity contribution is -0.00106. The van der Waals surface area contributed by atoms with E-state index in [0.717, 1.165) is 37.4 Å². The Hall–Kier alpha value is -1.72. The first-order chi connectivity index (χ1) is 11.8. The Bertz CT molecular complexity index is 648. The summed E-state index contributed by atoms with van der Waals surface area (Å²) in [5.74, 6) is 2.08. The van der Waals surface area contributed by atoms with Gasteiger partial charge in [-0.3, -0.25) is 4.79 Å². The van der Waals surface area contributed by atoms with Crippen LogP contribution in [-0.2, 0) is 17.1 Å². The fourth-order valence-corrected chi connectivity index (χ4v) is 3.32. The van der Waals surface area contributed by atoms with Gasteiger partial charge in [-0.2, -0.15) is 11.8 Å². The van der Waals surface area contributed by atoms with Crippen LogP contribution in [0.4, 0.5) is 0 Å². The van der Waals surface area contributed by atoms with Gasteiger partial charge in [0.15, 0.2) is 5.76 Å².